The fraction of sp³-hybridized carbons (Fsp3) is 0.692. The monoisotopic (exact) mass is 250 g/mol. The smallest absolute Gasteiger partial charge is 0.134 e. The highest BCUT2D eigenvalue weighted by Crippen LogP contribution is 2.20. The highest BCUT2D eigenvalue weighted by Gasteiger charge is 2.19. The SMILES string of the molecule is CCCNc1cc(N2CCCC(O)C2)nc(C)n1. The molecule has 1 fully saturated rings. The number of β-amino-alcohol motifs (C(OH)–C–C–N with tert-alkyl or cyclic N) is 1. The summed E-state index contributed by atoms with van der Waals surface area (Å²) in [6.45, 7) is 6.58. The van der Waals surface area contributed by atoms with E-state index in [1.807, 2.05) is 13.0 Å². The lowest BCUT2D eigenvalue weighted by Crippen LogP contribution is -2.38. The molecule has 1 unspecified atom stereocenters. The number of aliphatic hydroxyl groups is 1. The number of aryl methyl sites for hydroxylation is 1. The van der Waals surface area contributed by atoms with Gasteiger partial charge in [-0.15, -0.1) is 0 Å². The number of piperidine rings is 1. The molecule has 2 rings (SSSR count). The van der Waals surface area contributed by atoms with Gasteiger partial charge in [0.1, 0.15) is 17.5 Å². The van der Waals surface area contributed by atoms with E-state index in [1.54, 1.807) is 0 Å². The third kappa shape index (κ3) is 3.32. The number of hydrogen-bond donors (Lipinski definition) is 2. The van der Waals surface area contributed by atoms with Crippen molar-refractivity contribution in [2.45, 2.75) is 39.2 Å². The van der Waals surface area contributed by atoms with Crippen molar-refractivity contribution in [3.8, 4) is 0 Å². The first-order chi connectivity index (χ1) is 8.69. The van der Waals surface area contributed by atoms with Crippen LogP contribution in [0.15, 0.2) is 6.07 Å². The Morgan fingerprint density at radius 3 is 3.06 bits per heavy atom. The Bertz CT molecular complexity index is 397. The minimum absolute atomic E-state index is 0.235. The number of nitrogens with zero attached hydrogens (tertiary/aromatic N) is 3. The fourth-order valence-electron chi connectivity index (χ4n) is 2.22. The van der Waals surface area contributed by atoms with Gasteiger partial charge >= 0.3 is 0 Å². The Morgan fingerprint density at radius 2 is 2.33 bits per heavy atom. The molecule has 2 N–H and O–H groups in total. The molecule has 1 aliphatic heterocycles. The first-order valence-electron chi connectivity index (χ1n) is 6.71. The van der Waals surface area contributed by atoms with Gasteiger partial charge in [0.15, 0.2) is 0 Å². The normalized spacial score (nSPS) is 19.9. The van der Waals surface area contributed by atoms with Gasteiger partial charge in [0, 0.05) is 25.7 Å². The molecule has 2 heterocycles. The minimum atomic E-state index is -0.235. The summed E-state index contributed by atoms with van der Waals surface area (Å²) in [5.74, 6) is 2.56. The summed E-state index contributed by atoms with van der Waals surface area (Å²) in [4.78, 5) is 11.0. The van der Waals surface area contributed by atoms with Gasteiger partial charge in [0.2, 0.25) is 0 Å². The molecule has 1 atom stereocenters. The van der Waals surface area contributed by atoms with E-state index in [9.17, 15) is 5.11 Å². The first kappa shape index (κ1) is 13.1. The predicted octanol–water partition coefficient (Wildman–Crippen LogP) is 1.57. The Labute approximate surface area is 108 Å². The second kappa shape index (κ2) is 6.00. The van der Waals surface area contributed by atoms with E-state index in [1.165, 1.54) is 0 Å². The van der Waals surface area contributed by atoms with E-state index in [0.29, 0.717) is 6.54 Å². The molecule has 0 bridgehead atoms. The van der Waals surface area contributed by atoms with Gasteiger partial charge in [0.25, 0.3) is 0 Å². The molecular weight excluding hydrogens is 228 g/mol. The summed E-state index contributed by atoms with van der Waals surface area (Å²) in [5.41, 5.74) is 0. The van der Waals surface area contributed by atoms with Crippen LogP contribution in [0.2, 0.25) is 0 Å². The Hall–Kier alpha value is -1.36. The summed E-state index contributed by atoms with van der Waals surface area (Å²) in [6.07, 6.45) is 2.74. The largest absolute Gasteiger partial charge is 0.391 e. The van der Waals surface area contributed by atoms with Crippen molar-refractivity contribution >= 4 is 11.6 Å². The van der Waals surface area contributed by atoms with Crippen LogP contribution in [-0.4, -0.2) is 40.8 Å². The molecule has 1 saturated heterocycles. The van der Waals surface area contributed by atoms with Gasteiger partial charge in [-0.25, -0.2) is 9.97 Å². The van der Waals surface area contributed by atoms with Crippen LogP contribution in [-0.2, 0) is 0 Å². The standard InChI is InChI=1S/C13H22N4O/c1-3-6-14-12-8-13(16-10(2)15-12)17-7-4-5-11(18)9-17/h8,11,18H,3-7,9H2,1-2H3,(H,14,15,16). The Morgan fingerprint density at radius 1 is 1.50 bits per heavy atom. The zero-order valence-electron chi connectivity index (χ0n) is 11.2. The topological polar surface area (TPSA) is 61.3 Å². The van der Waals surface area contributed by atoms with E-state index in [-0.39, 0.29) is 6.10 Å². The van der Waals surface area contributed by atoms with Crippen molar-refractivity contribution in [3.63, 3.8) is 0 Å². The van der Waals surface area contributed by atoms with E-state index in [2.05, 4.69) is 27.1 Å². The minimum Gasteiger partial charge on any atom is -0.391 e. The molecule has 0 spiro atoms. The maximum atomic E-state index is 9.72. The average Bonchev–Trinajstić information content (AvgIpc) is 2.36. The molecule has 0 saturated carbocycles. The predicted molar refractivity (Wildman–Crippen MR) is 73.0 cm³/mol. The quantitative estimate of drug-likeness (QED) is 0.849. The van der Waals surface area contributed by atoms with Gasteiger partial charge < -0.3 is 15.3 Å². The molecule has 1 aromatic heterocycles. The van der Waals surface area contributed by atoms with Crippen molar-refractivity contribution in [2.75, 3.05) is 29.9 Å². The van der Waals surface area contributed by atoms with E-state index in [0.717, 1.165) is 49.8 Å². The third-order valence-electron chi connectivity index (χ3n) is 3.10. The van der Waals surface area contributed by atoms with Crippen molar-refractivity contribution in [1.29, 1.82) is 0 Å². The van der Waals surface area contributed by atoms with Gasteiger partial charge in [-0.05, 0) is 26.2 Å². The van der Waals surface area contributed by atoms with Gasteiger partial charge in [-0.2, -0.15) is 0 Å². The molecule has 18 heavy (non-hydrogen) atoms. The maximum Gasteiger partial charge on any atom is 0.134 e. The van der Waals surface area contributed by atoms with Crippen molar-refractivity contribution < 1.29 is 5.11 Å². The molecule has 0 amide bonds. The lowest BCUT2D eigenvalue weighted by Gasteiger charge is -2.31. The lowest BCUT2D eigenvalue weighted by molar-refractivity contribution is 0.154. The second-order valence-electron chi connectivity index (χ2n) is 4.83. The summed E-state index contributed by atoms with van der Waals surface area (Å²) in [6, 6.07) is 1.97. The molecule has 0 aliphatic carbocycles. The van der Waals surface area contributed by atoms with Gasteiger partial charge in [-0.3, -0.25) is 0 Å². The highest BCUT2D eigenvalue weighted by atomic mass is 16.3. The third-order valence-corrected chi connectivity index (χ3v) is 3.10. The molecule has 0 aromatic carbocycles. The van der Waals surface area contributed by atoms with Crippen LogP contribution in [0.4, 0.5) is 11.6 Å². The van der Waals surface area contributed by atoms with Crippen molar-refractivity contribution in [3.05, 3.63) is 11.9 Å². The van der Waals surface area contributed by atoms with Crippen LogP contribution in [0.1, 0.15) is 32.0 Å². The molecule has 1 aromatic rings. The zero-order valence-corrected chi connectivity index (χ0v) is 11.2. The molecule has 1 aliphatic rings. The van der Waals surface area contributed by atoms with Crippen LogP contribution in [0.25, 0.3) is 0 Å². The number of aliphatic hydroxyl groups excluding tert-OH is 1. The molecule has 5 nitrogen and oxygen atoms in total. The number of anilines is 2. The Kier molecular flexibility index (Phi) is 4.36. The summed E-state index contributed by atoms with van der Waals surface area (Å²) < 4.78 is 0. The maximum absolute atomic E-state index is 9.72. The average molecular weight is 250 g/mol. The number of rotatable bonds is 4. The number of nitrogens with one attached hydrogen (secondary N) is 1. The van der Waals surface area contributed by atoms with Crippen molar-refractivity contribution in [2.24, 2.45) is 0 Å². The van der Waals surface area contributed by atoms with Crippen LogP contribution in [0, 0.1) is 6.92 Å². The molecule has 100 valence electrons. The van der Waals surface area contributed by atoms with Crippen molar-refractivity contribution in [1.82, 2.24) is 9.97 Å². The summed E-state index contributed by atoms with van der Waals surface area (Å²) in [5, 5.41) is 13.0. The van der Waals surface area contributed by atoms with Crippen LogP contribution in [0.3, 0.4) is 0 Å². The Balaban J connectivity index is 2.13. The van der Waals surface area contributed by atoms with E-state index in [4.69, 9.17) is 0 Å². The van der Waals surface area contributed by atoms with E-state index >= 15 is 0 Å². The van der Waals surface area contributed by atoms with Crippen LogP contribution in [0.5, 0.6) is 0 Å². The highest BCUT2D eigenvalue weighted by molar-refractivity contribution is 5.49. The molecule has 0 radical (unpaired) electrons. The first-order valence-corrected chi connectivity index (χ1v) is 6.71. The lowest BCUT2D eigenvalue weighted by atomic mass is 10.1. The van der Waals surface area contributed by atoms with Crippen LogP contribution >= 0.6 is 0 Å². The molecule has 5 heteroatoms. The number of hydrogen-bond acceptors (Lipinski definition) is 5. The summed E-state index contributed by atoms with van der Waals surface area (Å²) >= 11 is 0. The van der Waals surface area contributed by atoms with Gasteiger partial charge in [0.05, 0.1) is 6.10 Å². The van der Waals surface area contributed by atoms with E-state index < -0.39 is 0 Å². The zero-order chi connectivity index (χ0) is 13.0. The second-order valence-corrected chi connectivity index (χ2v) is 4.83. The molecular formula is C13H22N4O. The fourth-order valence-corrected chi connectivity index (χ4v) is 2.22. The van der Waals surface area contributed by atoms with Gasteiger partial charge in [-0.1, -0.05) is 6.92 Å². The number of aromatic nitrogens is 2. The summed E-state index contributed by atoms with van der Waals surface area (Å²) in [7, 11) is 0. The van der Waals surface area contributed by atoms with Crippen LogP contribution < -0.4 is 10.2 Å².